The van der Waals surface area contributed by atoms with Crippen LogP contribution in [-0.4, -0.2) is 28.2 Å². The number of hydrogen-bond acceptors (Lipinski definition) is 7. The van der Waals surface area contributed by atoms with Crippen molar-refractivity contribution < 1.29 is 14.5 Å². The van der Waals surface area contributed by atoms with Crippen LogP contribution in [0.5, 0.6) is 0 Å². The van der Waals surface area contributed by atoms with Crippen LogP contribution in [0.15, 0.2) is 101 Å². The lowest BCUT2D eigenvalue weighted by Crippen LogP contribution is -2.29. The number of non-ortho nitro benzene ring substituents is 1. The summed E-state index contributed by atoms with van der Waals surface area (Å²) in [7, 11) is 0. The lowest BCUT2D eigenvalue weighted by molar-refractivity contribution is -0.384. The van der Waals surface area contributed by atoms with Gasteiger partial charge in [0, 0.05) is 51.9 Å². The second kappa shape index (κ2) is 11.0. The third kappa shape index (κ3) is 5.60. The van der Waals surface area contributed by atoms with E-state index in [9.17, 15) is 14.9 Å². The highest BCUT2D eigenvalue weighted by Gasteiger charge is 2.35. The number of carbonyl (C=O) groups excluding carboxylic acids is 1. The molecule has 178 valence electrons. The van der Waals surface area contributed by atoms with Gasteiger partial charge in [-0.15, -0.1) is 11.8 Å². The summed E-state index contributed by atoms with van der Waals surface area (Å²) in [6.07, 6.45) is 1.68. The van der Waals surface area contributed by atoms with E-state index in [0.717, 1.165) is 16.2 Å². The summed E-state index contributed by atoms with van der Waals surface area (Å²) in [4.78, 5) is 30.1. The molecule has 0 radical (unpaired) electrons. The van der Waals surface area contributed by atoms with Crippen LogP contribution in [0.1, 0.15) is 31.0 Å². The zero-order valence-corrected chi connectivity index (χ0v) is 20.2. The van der Waals surface area contributed by atoms with Gasteiger partial charge in [-0.1, -0.05) is 36.4 Å². The van der Waals surface area contributed by atoms with E-state index in [1.807, 2.05) is 62.4 Å². The first-order chi connectivity index (χ1) is 17.0. The lowest BCUT2D eigenvalue weighted by atomic mass is 9.79. The molecule has 1 unspecified atom stereocenters. The van der Waals surface area contributed by atoms with Crippen LogP contribution < -0.4 is 5.32 Å². The quantitative estimate of drug-likeness (QED) is 0.143. The number of rotatable bonds is 8. The van der Waals surface area contributed by atoms with Gasteiger partial charge >= 0.3 is 5.97 Å². The maximum atomic E-state index is 13.4. The highest BCUT2D eigenvalue weighted by molar-refractivity contribution is 7.99. The molecule has 0 saturated carbocycles. The van der Waals surface area contributed by atoms with Crippen molar-refractivity contribution in [3.63, 3.8) is 0 Å². The number of benzene rings is 2. The SMILES string of the molecule is CC1=C(C(=O)OCCSc2ccccc2)C(c2cccc([N+](=O)[O-])c2)C(c2ccccn2)=C(C)N1. The fourth-order valence-corrected chi connectivity index (χ4v) is 4.92. The molecule has 1 aliphatic heterocycles. The van der Waals surface area contributed by atoms with E-state index in [1.54, 1.807) is 30.1 Å². The van der Waals surface area contributed by atoms with E-state index in [2.05, 4.69) is 10.3 Å². The molecule has 2 heterocycles. The van der Waals surface area contributed by atoms with Crippen LogP contribution in [-0.2, 0) is 9.53 Å². The largest absolute Gasteiger partial charge is 0.461 e. The van der Waals surface area contributed by atoms with Gasteiger partial charge in [0.15, 0.2) is 0 Å². The highest BCUT2D eigenvalue weighted by Crippen LogP contribution is 2.43. The Labute approximate surface area is 208 Å². The van der Waals surface area contributed by atoms with Gasteiger partial charge in [-0.25, -0.2) is 4.79 Å². The molecule has 1 aliphatic rings. The van der Waals surface area contributed by atoms with Crippen molar-refractivity contribution in [3.8, 4) is 0 Å². The molecule has 1 aromatic heterocycles. The van der Waals surface area contributed by atoms with Gasteiger partial charge in [-0.3, -0.25) is 15.1 Å². The molecule has 0 aliphatic carbocycles. The fraction of sp³-hybridized carbons (Fsp3) is 0.185. The van der Waals surface area contributed by atoms with Crippen LogP contribution in [0.4, 0.5) is 5.69 Å². The predicted octanol–water partition coefficient (Wildman–Crippen LogP) is 5.72. The van der Waals surface area contributed by atoms with Crippen LogP contribution in [0.2, 0.25) is 0 Å². The maximum absolute atomic E-state index is 13.4. The molecule has 0 spiro atoms. The van der Waals surface area contributed by atoms with E-state index in [-0.39, 0.29) is 12.3 Å². The van der Waals surface area contributed by atoms with Gasteiger partial charge in [0.05, 0.1) is 16.2 Å². The minimum Gasteiger partial charge on any atom is -0.461 e. The second-order valence-electron chi connectivity index (χ2n) is 8.00. The number of aromatic nitrogens is 1. The number of thioether (sulfide) groups is 1. The minimum absolute atomic E-state index is 0.0383. The van der Waals surface area contributed by atoms with Gasteiger partial charge in [-0.05, 0) is 43.7 Å². The van der Waals surface area contributed by atoms with Crippen LogP contribution in [0.25, 0.3) is 5.57 Å². The lowest BCUT2D eigenvalue weighted by Gasteiger charge is -2.31. The number of nitro groups is 1. The van der Waals surface area contributed by atoms with Crippen molar-refractivity contribution in [3.05, 3.63) is 117 Å². The normalized spacial score (nSPS) is 15.5. The number of hydrogen-bond donors (Lipinski definition) is 1. The fourth-order valence-electron chi connectivity index (χ4n) is 4.17. The van der Waals surface area contributed by atoms with Crippen molar-refractivity contribution in [1.82, 2.24) is 10.3 Å². The first kappa shape index (κ1) is 24.2. The van der Waals surface area contributed by atoms with Gasteiger partial charge in [0.1, 0.15) is 6.61 Å². The molecule has 4 rings (SSSR count). The molecule has 0 fully saturated rings. The monoisotopic (exact) mass is 487 g/mol. The molecular formula is C27H25N3O4S. The number of nitro benzene ring substituents is 1. The summed E-state index contributed by atoms with van der Waals surface area (Å²) >= 11 is 1.61. The van der Waals surface area contributed by atoms with E-state index >= 15 is 0 Å². The molecule has 0 amide bonds. The molecule has 0 bridgehead atoms. The number of nitrogens with zero attached hydrogens (tertiary/aromatic N) is 2. The Kier molecular flexibility index (Phi) is 7.62. The molecule has 8 heteroatoms. The van der Waals surface area contributed by atoms with Gasteiger partial charge in [0.25, 0.3) is 5.69 Å². The summed E-state index contributed by atoms with van der Waals surface area (Å²) in [5.41, 5.74) is 3.96. The number of esters is 1. The average molecular weight is 488 g/mol. The Morgan fingerprint density at radius 1 is 1.06 bits per heavy atom. The summed E-state index contributed by atoms with van der Waals surface area (Å²) in [6, 6.07) is 21.8. The van der Waals surface area contributed by atoms with Crippen molar-refractivity contribution in [2.75, 3.05) is 12.4 Å². The van der Waals surface area contributed by atoms with Gasteiger partial charge in [-0.2, -0.15) is 0 Å². The topological polar surface area (TPSA) is 94.4 Å². The Hall–Kier alpha value is -3.91. The summed E-state index contributed by atoms with van der Waals surface area (Å²) in [5, 5.41) is 14.8. The van der Waals surface area contributed by atoms with E-state index in [4.69, 9.17) is 4.74 Å². The smallest absolute Gasteiger partial charge is 0.336 e. The van der Waals surface area contributed by atoms with E-state index < -0.39 is 16.8 Å². The zero-order valence-electron chi connectivity index (χ0n) is 19.4. The molecule has 7 nitrogen and oxygen atoms in total. The number of allylic oxidation sites excluding steroid dienone is 3. The predicted molar refractivity (Wildman–Crippen MR) is 137 cm³/mol. The molecule has 0 saturated heterocycles. The first-order valence-corrected chi connectivity index (χ1v) is 12.1. The third-order valence-corrected chi connectivity index (χ3v) is 6.64. The van der Waals surface area contributed by atoms with Gasteiger partial charge in [0.2, 0.25) is 0 Å². The molecule has 1 N–H and O–H groups in total. The third-order valence-electron chi connectivity index (χ3n) is 5.66. The second-order valence-corrected chi connectivity index (χ2v) is 9.17. The van der Waals surface area contributed by atoms with Crippen molar-refractivity contribution in [2.45, 2.75) is 24.7 Å². The number of nitrogens with one attached hydrogen (secondary N) is 1. The molecular weight excluding hydrogens is 462 g/mol. The van der Waals surface area contributed by atoms with Crippen LogP contribution in [0, 0.1) is 10.1 Å². The standard InChI is InChI=1S/C27H25N3O4S/c1-18-24(23-13-6-7-14-28-23)26(20-9-8-10-21(17-20)30(32)33)25(19(2)29-18)27(31)34-15-16-35-22-11-4-3-5-12-22/h3-14,17,26,29H,15-16H2,1-2H3. The summed E-state index contributed by atoms with van der Waals surface area (Å²) in [5.74, 6) is -0.416. The summed E-state index contributed by atoms with van der Waals surface area (Å²) in [6.45, 7) is 3.97. The van der Waals surface area contributed by atoms with Crippen LogP contribution >= 0.6 is 11.8 Å². The number of ether oxygens (including phenoxy) is 1. The van der Waals surface area contributed by atoms with Gasteiger partial charge < -0.3 is 10.1 Å². The minimum atomic E-state index is -0.569. The Bertz CT molecular complexity index is 1290. The van der Waals surface area contributed by atoms with Crippen molar-refractivity contribution in [2.24, 2.45) is 0 Å². The molecule has 3 aromatic rings. The van der Waals surface area contributed by atoms with Crippen molar-refractivity contribution in [1.29, 1.82) is 0 Å². The highest BCUT2D eigenvalue weighted by atomic mass is 32.2. The average Bonchev–Trinajstić information content (AvgIpc) is 2.87. The molecule has 1 atom stereocenters. The Balaban J connectivity index is 1.66. The zero-order chi connectivity index (χ0) is 24.8. The summed E-state index contributed by atoms with van der Waals surface area (Å²) < 4.78 is 5.69. The Morgan fingerprint density at radius 2 is 1.83 bits per heavy atom. The molecule has 35 heavy (non-hydrogen) atoms. The molecule has 2 aromatic carbocycles. The van der Waals surface area contributed by atoms with Crippen molar-refractivity contribution >= 4 is 29.0 Å². The number of pyridine rings is 1. The Morgan fingerprint density at radius 3 is 2.54 bits per heavy atom. The van der Waals surface area contributed by atoms with E-state index in [0.29, 0.717) is 28.3 Å². The number of carbonyl (C=O) groups is 1. The number of dihydropyridines is 1. The maximum Gasteiger partial charge on any atom is 0.336 e. The first-order valence-electron chi connectivity index (χ1n) is 11.1. The van der Waals surface area contributed by atoms with E-state index in [1.165, 1.54) is 12.1 Å². The van der Waals surface area contributed by atoms with Crippen LogP contribution in [0.3, 0.4) is 0 Å².